The van der Waals surface area contributed by atoms with Crippen LogP contribution in [0.5, 0.6) is 0 Å². The molecule has 1 aliphatic carbocycles. The molecular weight excluding hydrogens is 398 g/mol. The lowest BCUT2D eigenvalue weighted by Crippen LogP contribution is -2.57. The summed E-state index contributed by atoms with van der Waals surface area (Å²) in [6, 6.07) is 8.61. The molecule has 0 bridgehead atoms. The quantitative estimate of drug-likeness (QED) is 0.487. The van der Waals surface area contributed by atoms with Crippen LogP contribution in [-0.2, 0) is 7.05 Å². The van der Waals surface area contributed by atoms with E-state index in [2.05, 4.69) is 39.4 Å². The summed E-state index contributed by atoms with van der Waals surface area (Å²) in [5.41, 5.74) is 5.83. The van der Waals surface area contributed by atoms with E-state index >= 15 is 0 Å². The van der Waals surface area contributed by atoms with Gasteiger partial charge in [0.25, 0.3) is 0 Å². The molecule has 0 aromatic carbocycles. The minimum Gasteiger partial charge on any atom is -0.355 e. The lowest BCUT2D eigenvalue weighted by Gasteiger charge is -2.53. The number of rotatable bonds is 3. The normalized spacial score (nSPS) is 17.4. The van der Waals surface area contributed by atoms with Crippen LogP contribution in [0.1, 0.15) is 37.7 Å². The predicted molar refractivity (Wildman–Crippen MR) is 123 cm³/mol. The zero-order valence-corrected chi connectivity index (χ0v) is 18.2. The Bertz CT molecular complexity index is 1330. The maximum Gasteiger partial charge on any atom is 0.128 e. The summed E-state index contributed by atoms with van der Waals surface area (Å²) in [6.07, 6.45) is 16.2. The van der Waals surface area contributed by atoms with Crippen LogP contribution in [-0.4, -0.2) is 37.5 Å². The summed E-state index contributed by atoms with van der Waals surface area (Å²) in [6.45, 7) is 2.25. The number of aromatic nitrogens is 5. The zero-order chi connectivity index (χ0) is 21.7. The zero-order valence-electron chi connectivity index (χ0n) is 18.2. The molecule has 0 radical (unpaired) electrons. The van der Waals surface area contributed by atoms with Crippen LogP contribution in [0.4, 0.5) is 5.82 Å². The van der Waals surface area contributed by atoms with Crippen LogP contribution < -0.4 is 4.90 Å². The lowest BCUT2D eigenvalue weighted by molar-refractivity contribution is 0.138. The lowest BCUT2D eigenvalue weighted by atomic mass is 9.68. The second kappa shape index (κ2) is 7.20. The molecule has 0 atom stereocenters. The Morgan fingerprint density at radius 1 is 0.938 bits per heavy atom. The number of hydrogen-bond acceptors (Lipinski definition) is 5. The number of hydrogen-bond donors (Lipinski definition) is 0. The highest BCUT2D eigenvalue weighted by atomic mass is 15.3. The minimum absolute atomic E-state index is 0.530. The highest BCUT2D eigenvalue weighted by Crippen LogP contribution is 2.45. The second-order valence-corrected chi connectivity index (χ2v) is 9.33. The first kappa shape index (κ1) is 19.1. The molecule has 1 aliphatic heterocycles. The van der Waals surface area contributed by atoms with Crippen molar-refractivity contribution in [2.24, 2.45) is 12.5 Å². The van der Waals surface area contributed by atoms with Gasteiger partial charge in [-0.15, -0.1) is 0 Å². The Hall–Kier alpha value is -3.66. The molecule has 6 rings (SSSR count). The third-order valence-electron chi connectivity index (χ3n) is 7.12. The first-order chi connectivity index (χ1) is 15.6. The van der Waals surface area contributed by atoms with Gasteiger partial charge in [-0.25, -0.2) is 9.50 Å². The van der Waals surface area contributed by atoms with Gasteiger partial charge in [-0.05, 0) is 31.0 Å². The summed E-state index contributed by atoms with van der Waals surface area (Å²) in [5, 5.41) is 18.3. The smallest absolute Gasteiger partial charge is 0.128 e. The number of fused-ring (bicyclic) bond motifs is 1. The van der Waals surface area contributed by atoms with Gasteiger partial charge in [0.05, 0.1) is 23.5 Å². The van der Waals surface area contributed by atoms with Crippen molar-refractivity contribution in [3.63, 3.8) is 0 Å². The van der Waals surface area contributed by atoms with E-state index in [1.165, 1.54) is 32.1 Å². The SMILES string of the molecule is Cn1cc(-c2cc(-c3ccc(N4CC5(CCCCC5)C4)nc3)c3c(C#N)cnn3c2)cn1. The molecule has 32 heavy (non-hydrogen) atoms. The Labute approximate surface area is 186 Å². The molecule has 4 aromatic heterocycles. The third kappa shape index (κ3) is 3.06. The number of anilines is 1. The van der Waals surface area contributed by atoms with Crippen molar-refractivity contribution < 1.29 is 0 Å². The van der Waals surface area contributed by atoms with E-state index in [1.54, 1.807) is 15.4 Å². The van der Waals surface area contributed by atoms with Crippen molar-refractivity contribution >= 4 is 11.3 Å². The fraction of sp³-hybridized carbons (Fsp3) is 0.360. The standard InChI is InChI=1S/C25H25N7/c1-30-14-21(13-28-30)19-9-22(24-20(10-26)12-29-32(24)15-19)18-5-6-23(27-11-18)31-16-25(17-31)7-3-2-4-8-25/h5-6,9,11-15H,2-4,7-8,16-17H2,1H3. The average Bonchev–Trinajstić information content (AvgIpc) is 3.43. The summed E-state index contributed by atoms with van der Waals surface area (Å²) < 4.78 is 3.57. The summed E-state index contributed by atoms with van der Waals surface area (Å²) in [7, 11) is 1.90. The van der Waals surface area contributed by atoms with Crippen LogP contribution >= 0.6 is 0 Å². The molecule has 2 fully saturated rings. The van der Waals surface area contributed by atoms with E-state index in [0.29, 0.717) is 11.0 Å². The van der Waals surface area contributed by atoms with E-state index < -0.39 is 0 Å². The van der Waals surface area contributed by atoms with E-state index in [1.807, 2.05) is 31.8 Å². The Morgan fingerprint density at radius 2 is 1.78 bits per heavy atom. The van der Waals surface area contributed by atoms with Crippen molar-refractivity contribution in [3.8, 4) is 28.3 Å². The van der Waals surface area contributed by atoms with Gasteiger partial charge in [0, 0.05) is 66.4 Å². The van der Waals surface area contributed by atoms with Gasteiger partial charge in [0.1, 0.15) is 11.9 Å². The number of nitrogens with zero attached hydrogens (tertiary/aromatic N) is 7. The minimum atomic E-state index is 0.530. The van der Waals surface area contributed by atoms with E-state index in [0.717, 1.165) is 46.7 Å². The molecule has 5 heterocycles. The second-order valence-electron chi connectivity index (χ2n) is 9.33. The topological polar surface area (TPSA) is 75.0 Å². The van der Waals surface area contributed by atoms with E-state index in [4.69, 9.17) is 4.98 Å². The van der Waals surface area contributed by atoms with Crippen LogP contribution in [0, 0.1) is 16.7 Å². The molecule has 7 heteroatoms. The summed E-state index contributed by atoms with van der Waals surface area (Å²) in [5.74, 6) is 1.04. The fourth-order valence-corrected chi connectivity index (χ4v) is 5.43. The summed E-state index contributed by atoms with van der Waals surface area (Å²) in [4.78, 5) is 7.20. The first-order valence-corrected chi connectivity index (χ1v) is 11.3. The molecule has 1 spiro atoms. The van der Waals surface area contributed by atoms with Gasteiger partial charge in [0.15, 0.2) is 0 Å². The van der Waals surface area contributed by atoms with Crippen molar-refractivity contribution in [2.45, 2.75) is 32.1 Å². The van der Waals surface area contributed by atoms with E-state index in [-0.39, 0.29) is 0 Å². The van der Waals surface area contributed by atoms with Crippen LogP contribution in [0.25, 0.3) is 27.8 Å². The molecule has 4 aromatic rings. The molecule has 7 nitrogen and oxygen atoms in total. The Kier molecular flexibility index (Phi) is 4.29. The number of aryl methyl sites for hydroxylation is 1. The highest BCUT2D eigenvalue weighted by molar-refractivity contribution is 5.87. The Morgan fingerprint density at radius 3 is 2.47 bits per heavy atom. The molecule has 2 aliphatic rings. The third-order valence-corrected chi connectivity index (χ3v) is 7.12. The number of nitriles is 1. The van der Waals surface area contributed by atoms with Crippen LogP contribution in [0.3, 0.4) is 0 Å². The maximum absolute atomic E-state index is 9.62. The predicted octanol–water partition coefficient (Wildman–Crippen LogP) is 4.44. The fourth-order valence-electron chi connectivity index (χ4n) is 5.43. The van der Waals surface area contributed by atoms with Crippen molar-refractivity contribution in [3.05, 3.63) is 54.7 Å². The Balaban J connectivity index is 1.36. The van der Waals surface area contributed by atoms with E-state index in [9.17, 15) is 5.26 Å². The van der Waals surface area contributed by atoms with Crippen LogP contribution in [0.2, 0.25) is 0 Å². The molecule has 0 N–H and O–H groups in total. The van der Waals surface area contributed by atoms with Crippen molar-refractivity contribution in [2.75, 3.05) is 18.0 Å². The first-order valence-electron chi connectivity index (χ1n) is 11.3. The molecular formula is C25H25N7. The summed E-state index contributed by atoms with van der Waals surface area (Å²) >= 11 is 0. The van der Waals surface area contributed by atoms with Gasteiger partial charge in [-0.3, -0.25) is 4.68 Å². The van der Waals surface area contributed by atoms with Gasteiger partial charge in [-0.1, -0.05) is 19.3 Å². The molecule has 160 valence electrons. The van der Waals surface area contributed by atoms with Gasteiger partial charge in [-0.2, -0.15) is 15.5 Å². The van der Waals surface area contributed by atoms with Gasteiger partial charge in [0.2, 0.25) is 0 Å². The molecule has 1 saturated carbocycles. The molecule has 0 amide bonds. The highest BCUT2D eigenvalue weighted by Gasteiger charge is 2.43. The average molecular weight is 424 g/mol. The molecule has 1 saturated heterocycles. The van der Waals surface area contributed by atoms with Crippen molar-refractivity contribution in [1.82, 2.24) is 24.4 Å². The largest absolute Gasteiger partial charge is 0.355 e. The van der Waals surface area contributed by atoms with Gasteiger partial charge < -0.3 is 4.90 Å². The van der Waals surface area contributed by atoms with Crippen molar-refractivity contribution in [1.29, 1.82) is 5.26 Å². The maximum atomic E-state index is 9.62. The number of pyridine rings is 2. The van der Waals surface area contributed by atoms with Crippen LogP contribution in [0.15, 0.2) is 49.2 Å². The van der Waals surface area contributed by atoms with Gasteiger partial charge >= 0.3 is 0 Å². The monoisotopic (exact) mass is 423 g/mol. The molecule has 0 unspecified atom stereocenters.